The Morgan fingerprint density at radius 3 is 2.33 bits per heavy atom. The highest BCUT2D eigenvalue weighted by Gasteiger charge is 2.15. The van der Waals surface area contributed by atoms with Crippen LogP contribution in [-0.2, 0) is 13.0 Å². The molecule has 0 bridgehead atoms. The molecule has 0 aromatic heterocycles. The molecule has 2 rings (SSSR count). The van der Waals surface area contributed by atoms with E-state index in [2.05, 4.69) is 18.7 Å². The monoisotopic (exact) mass is 329 g/mol. The Bertz CT molecular complexity index is 600. The van der Waals surface area contributed by atoms with Crippen LogP contribution in [0.1, 0.15) is 31.4 Å². The minimum absolute atomic E-state index is 0.176. The fourth-order valence-corrected chi connectivity index (χ4v) is 2.79. The molecule has 0 heterocycles. The molecule has 24 heavy (non-hydrogen) atoms. The fraction of sp³-hybridized carbons (Fsp3) is 0.429. The number of halogens is 1. The van der Waals surface area contributed by atoms with Crippen LogP contribution in [0.2, 0.25) is 0 Å². The van der Waals surface area contributed by atoms with Gasteiger partial charge in [-0.15, -0.1) is 0 Å². The summed E-state index contributed by atoms with van der Waals surface area (Å²) in [5.41, 5.74) is 1.81. The van der Waals surface area contributed by atoms with Gasteiger partial charge >= 0.3 is 0 Å². The first-order valence-corrected chi connectivity index (χ1v) is 8.72. The lowest BCUT2D eigenvalue weighted by molar-refractivity contribution is 0.105. The summed E-state index contributed by atoms with van der Waals surface area (Å²) in [6.45, 7) is 6.31. The van der Waals surface area contributed by atoms with Gasteiger partial charge in [0.25, 0.3) is 0 Å². The second-order valence-corrected chi connectivity index (χ2v) is 6.85. The van der Waals surface area contributed by atoms with E-state index in [9.17, 15) is 9.50 Å². The molecule has 2 aromatic carbocycles. The summed E-state index contributed by atoms with van der Waals surface area (Å²) in [5, 5.41) is 10.5. The number of nitrogens with zero attached hydrogens (tertiary/aromatic N) is 1. The van der Waals surface area contributed by atoms with E-state index in [4.69, 9.17) is 0 Å². The highest BCUT2D eigenvalue weighted by molar-refractivity contribution is 5.17. The van der Waals surface area contributed by atoms with Gasteiger partial charge < -0.3 is 5.11 Å². The number of rotatable bonds is 9. The van der Waals surface area contributed by atoms with Gasteiger partial charge in [0, 0.05) is 18.7 Å². The minimum atomic E-state index is -0.452. The summed E-state index contributed by atoms with van der Waals surface area (Å²) in [7, 11) is 0. The Labute approximate surface area is 144 Å². The van der Waals surface area contributed by atoms with Crippen molar-refractivity contribution in [1.29, 1.82) is 0 Å². The second kappa shape index (κ2) is 9.55. The van der Waals surface area contributed by atoms with Crippen molar-refractivity contribution in [3.05, 3.63) is 71.5 Å². The highest BCUT2D eigenvalue weighted by Crippen LogP contribution is 2.13. The molecule has 1 N–H and O–H groups in total. The van der Waals surface area contributed by atoms with E-state index in [-0.39, 0.29) is 5.82 Å². The van der Waals surface area contributed by atoms with Gasteiger partial charge in [-0.1, -0.05) is 62.4 Å². The van der Waals surface area contributed by atoms with Gasteiger partial charge in [0.2, 0.25) is 0 Å². The molecule has 0 saturated carbocycles. The standard InChI is InChI=1S/C21H28FNO/c1-17(2)12-13-23(15-19-10-6-7-11-21(19)22)16-20(24)14-18-8-4-3-5-9-18/h3-11,17,20,24H,12-16H2,1-2H3/t20-/m0/s1. The number of aliphatic hydroxyl groups is 1. The summed E-state index contributed by atoms with van der Waals surface area (Å²) in [4.78, 5) is 2.16. The molecule has 0 saturated heterocycles. The van der Waals surface area contributed by atoms with Crippen LogP contribution in [0.3, 0.4) is 0 Å². The molecular formula is C21H28FNO. The van der Waals surface area contributed by atoms with Gasteiger partial charge in [0.1, 0.15) is 5.82 Å². The van der Waals surface area contributed by atoms with E-state index in [0.29, 0.717) is 31.0 Å². The van der Waals surface area contributed by atoms with Crippen LogP contribution in [0.4, 0.5) is 4.39 Å². The van der Waals surface area contributed by atoms with Gasteiger partial charge in [-0.2, -0.15) is 0 Å². The maximum Gasteiger partial charge on any atom is 0.127 e. The molecule has 3 heteroatoms. The Kier molecular flexibility index (Phi) is 7.41. The molecular weight excluding hydrogens is 301 g/mol. The zero-order valence-electron chi connectivity index (χ0n) is 14.7. The molecule has 0 aliphatic heterocycles. The third kappa shape index (κ3) is 6.42. The number of hydrogen-bond acceptors (Lipinski definition) is 2. The number of aliphatic hydroxyl groups excluding tert-OH is 1. The second-order valence-electron chi connectivity index (χ2n) is 6.85. The van der Waals surface area contributed by atoms with Crippen LogP contribution in [0.15, 0.2) is 54.6 Å². The van der Waals surface area contributed by atoms with Crippen molar-refractivity contribution in [2.75, 3.05) is 13.1 Å². The van der Waals surface area contributed by atoms with Gasteiger partial charge in [-0.3, -0.25) is 4.90 Å². The summed E-state index contributed by atoms with van der Waals surface area (Å²) >= 11 is 0. The van der Waals surface area contributed by atoms with Crippen molar-refractivity contribution in [3.8, 4) is 0 Å². The largest absolute Gasteiger partial charge is 0.391 e. The third-order valence-electron chi connectivity index (χ3n) is 4.16. The zero-order valence-corrected chi connectivity index (χ0v) is 14.7. The van der Waals surface area contributed by atoms with Crippen molar-refractivity contribution in [3.63, 3.8) is 0 Å². The van der Waals surface area contributed by atoms with Crippen LogP contribution in [-0.4, -0.2) is 29.2 Å². The number of hydrogen-bond donors (Lipinski definition) is 1. The Hall–Kier alpha value is -1.71. The molecule has 2 aromatic rings. The molecule has 0 amide bonds. The van der Waals surface area contributed by atoms with Gasteiger partial charge in [0.15, 0.2) is 0 Å². The topological polar surface area (TPSA) is 23.5 Å². The van der Waals surface area contributed by atoms with Crippen molar-refractivity contribution < 1.29 is 9.50 Å². The summed E-state index contributed by atoms with van der Waals surface area (Å²) in [5.74, 6) is 0.406. The van der Waals surface area contributed by atoms with Crippen LogP contribution < -0.4 is 0 Å². The molecule has 0 fully saturated rings. The quantitative estimate of drug-likeness (QED) is 0.742. The lowest BCUT2D eigenvalue weighted by Crippen LogP contribution is -2.34. The molecule has 0 aliphatic carbocycles. The van der Waals surface area contributed by atoms with Crippen molar-refractivity contribution in [1.82, 2.24) is 4.90 Å². The molecule has 0 aliphatic rings. The average molecular weight is 329 g/mol. The Morgan fingerprint density at radius 1 is 1.00 bits per heavy atom. The van der Waals surface area contributed by atoms with Gasteiger partial charge in [-0.05, 0) is 36.9 Å². The first-order chi connectivity index (χ1) is 11.5. The fourth-order valence-electron chi connectivity index (χ4n) is 2.79. The van der Waals surface area contributed by atoms with E-state index in [1.165, 1.54) is 6.07 Å². The van der Waals surface area contributed by atoms with E-state index in [1.54, 1.807) is 6.07 Å². The van der Waals surface area contributed by atoms with Crippen molar-refractivity contribution >= 4 is 0 Å². The van der Waals surface area contributed by atoms with Crippen LogP contribution >= 0.6 is 0 Å². The van der Waals surface area contributed by atoms with E-state index in [0.717, 1.165) is 18.5 Å². The van der Waals surface area contributed by atoms with Crippen LogP contribution in [0.25, 0.3) is 0 Å². The average Bonchev–Trinajstić information content (AvgIpc) is 2.55. The van der Waals surface area contributed by atoms with E-state index in [1.807, 2.05) is 42.5 Å². The maximum absolute atomic E-state index is 13.9. The van der Waals surface area contributed by atoms with Crippen molar-refractivity contribution in [2.45, 2.75) is 39.3 Å². The summed E-state index contributed by atoms with van der Waals surface area (Å²) in [6.07, 6.45) is 1.20. The predicted molar refractivity (Wildman–Crippen MR) is 97.3 cm³/mol. The molecule has 0 unspecified atom stereocenters. The van der Waals surface area contributed by atoms with Crippen LogP contribution in [0, 0.1) is 11.7 Å². The van der Waals surface area contributed by atoms with Crippen molar-refractivity contribution in [2.24, 2.45) is 5.92 Å². The Balaban J connectivity index is 1.98. The smallest absolute Gasteiger partial charge is 0.127 e. The SMILES string of the molecule is CC(C)CCN(Cc1ccccc1F)C[C@@H](O)Cc1ccccc1. The van der Waals surface area contributed by atoms with Gasteiger partial charge in [-0.25, -0.2) is 4.39 Å². The first kappa shape index (κ1) is 18.6. The molecule has 1 atom stereocenters. The molecule has 0 radical (unpaired) electrons. The van der Waals surface area contributed by atoms with Gasteiger partial charge in [0.05, 0.1) is 6.10 Å². The summed E-state index contributed by atoms with van der Waals surface area (Å²) < 4.78 is 13.9. The zero-order chi connectivity index (χ0) is 17.4. The highest BCUT2D eigenvalue weighted by atomic mass is 19.1. The third-order valence-corrected chi connectivity index (χ3v) is 4.16. The minimum Gasteiger partial charge on any atom is -0.391 e. The predicted octanol–water partition coefficient (Wildman–Crippen LogP) is 4.28. The first-order valence-electron chi connectivity index (χ1n) is 8.72. The summed E-state index contributed by atoms with van der Waals surface area (Å²) in [6, 6.07) is 16.9. The normalized spacial score (nSPS) is 12.8. The lowest BCUT2D eigenvalue weighted by atomic mass is 10.1. The molecule has 2 nitrogen and oxygen atoms in total. The molecule has 130 valence electrons. The maximum atomic E-state index is 13.9. The van der Waals surface area contributed by atoms with E-state index >= 15 is 0 Å². The Morgan fingerprint density at radius 2 is 1.67 bits per heavy atom. The lowest BCUT2D eigenvalue weighted by Gasteiger charge is -2.26. The number of benzene rings is 2. The van der Waals surface area contributed by atoms with E-state index < -0.39 is 6.10 Å². The molecule has 0 spiro atoms. The van der Waals surface area contributed by atoms with Crippen LogP contribution in [0.5, 0.6) is 0 Å².